The third kappa shape index (κ3) is 2.99. The number of aromatic nitrogens is 3. The highest BCUT2D eigenvalue weighted by Gasteiger charge is 2.23. The lowest BCUT2D eigenvalue weighted by Gasteiger charge is -2.27. The highest BCUT2D eigenvalue weighted by molar-refractivity contribution is 6.30. The van der Waals surface area contributed by atoms with Crippen LogP contribution in [0.5, 0.6) is 0 Å². The van der Waals surface area contributed by atoms with Crippen molar-refractivity contribution >= 4 is 28.5 Å². The summed E-state index contributed by atoms with van der Waals surface area (Å²) in [5.74, 6) is -0.0149. The van der Waals surface area contributed by atoms with Crippen molar-refractivity contribution in [3.05, 3.63) is 47.1 Å². The zero-order valence-electron chi connectivity index (χ0n) is 13.8. The van der Waals surface area contributed by atoms with E-state index in [0.29, 0.717) is 42.5 Å². The van der Waals surface area contributed by atoms with E-state index in [4.69, 9.17) is 16.3 Å². The van der Waals surface area contributed by atoms with Gasteiger partial charge in [0.25, 0.3) is 5.91 Å². The molecule has 1 saturated heterocycles. The van der Waals surface area contributed by atoms with Gasteiger partial charge in [-0.05, 0) is 18.2 Å². The van der Waals surface area contributed by atoms with Gasteiger partial charge in [0.1, 0.15) is 0 Å². The molecule has 128 valence electrons. The fourth-order valence-corrected chi connectivity index (χ4v) is 3.12. The molecule has 3 aromatic rings. The predicted molar refractivity (Wildman–Crippen MR) is 95.7 cm³/mol. The van der Waals surface area contributed by atoms with Crippen LogP contribution in [0.15, 0.2) is 36.5 Å². The number of pyridine rings is 1. The van der Waals surface area contributed by atoms with Crippen molar-refractivity contribution in [3.63, 3.8) is 0 Å². The fraction of sp³-hybridized carbons (Fsp3) is 0.278. The molecule has 0 unspecified atom stereocenters. The minimum atomic E-state index is -0.0149. The van der Waals surface area contributed by atoms with Gasteiger partial charge >= 0.3 is 0 Å². The van der Waals surface area contributed by atoms with E-state index in [0.717, 1.165) is 16.6 Å². The molecular weight excluding hydrogens is 340 g/mol. The number of nitrogens with zero attached hydrogens (tertiary/aromatic N) is 4. The Morgan fingerprint density at radius 3 is 2.64 bits per heavy atom. The number of aryl methyl sites for hydroxylation is 1. The van der Waals surface area contributed by atoms with Gasteiger partial charge in [0.2, 0.25) is 0 Å². The Hall–Kier alpha value is -2.44. The molecule has 1 aliphatic rings. The Morgan fingerprint density at radius 2 is 1.92 bits per heavy atom. The Balaban J connectivity index is 1.84. The van der Waals surface area contributed by atoms with Gasteiger partial charge in [0.15, 0.2) is 5.65 Å². The number of carbonyl (C=O) groups is 1. The normalized spacial score (nSPS) is 14.9. The van der Waals surface area contributed by atoms with Crippen LogP contribution in [0.3, 0.4) is 0 Å². The van der Waals surface area contributed by atoms with E-state index < -0.39 is 0 Å². The molecular formula is C18H17ClN4O2. The summed E-state index contributed by atoms with van der Waals surface area (Å²) in [5, 5.41) is 5.69. The van der Waals surface area contributed by atoms with Crippen LogP contribution >= 0.6 is 11.6 Å². The first-order valence-electron chi connectivity index (χ1n) is 8.09. The molecule has 7 heteroatoms. The summed E-state index contributed by atoms with van der Waals surface area (Å²) in [4.78, 5) is 19.5. The number of amides is 1. The number of morpholine rings is 1. The monoisotopic (exact) mass is 356 g/mol. The van der Waals surface area contributed by atoms with Crippen molar-refractivity contribution in [3.8, 4) is 11.3 Å². The molecule has 1 aliphatic heterocycles. The van der Waals surface area contributed by atoms with Crippen LogP contribution in [0.4, 0.5) is 0 Å². The SMILES string of the molecule is Cn1ncc2c(C(=O)N3CCOCC3)cc(-c3ccc(Cl)cc3)nc21. The summed E-state index contributed by atoms with van der Waals surface area (Å²) in [6.45, 7) is 2.33. The lowest BCUT2D eigenvalue weighted by Crippen LogP contribution is -2.40. The van der Waals surface area contributed by atoms with Crippen LogP contribution in [-0.4, -0.2) is 51.9 Å². The van der Waals surface area contributed by atoms with E-state index in [2.05, 4.69) is 10.1 Å². The van der Waals surface area contributed by atoms with Gasteiger partial charge in [-0.15, -0.1) is 0 Å². The van der Waals surface area contributed by atoms with E-state index in [1.165, 1.54) is 0 Å². The second kappa shape index (κ2) is 6.46. The van der Waals surface area contributed by atoms with E-state index >= 15 is 0 Å². The van der Waals surface area contributed by atoms with Crippen molar-refractivity contribution in [2.24, 2.45) is 7.05 Å². The van der Waals surface area contributed by atoms with Gasteiger partial charge in [0.05, 0.1) is 36.1 Å². The lowest BCUT2D eigenvalue weighted by molar-refractivity contribution is 0.0304. The molecule has 0 radical (unpaired) electrons. The molecule has 0 aliphatic carbocycles. The Morgan fingerprint density at radius 1 is 1.20 bits per heavy atom. The zero-order chi connectivity index (χ0) is 17.4. The lowest BCUT2D eigenvalue weighted by atomic mass is 10.1. The van der Waals surface area contributed by atoms with Crippen LogP contribution in [-0.2, 0) is 11.8 Å². The van der Waals surface area contributed by atoms with Crippen molar-refractivity contribution in [2.75, 3.05) is 26.3 Å². The molecule has 0 saturated carbocycles. The first kappa shape index (κ1) is 16.1. The topological polar surface area (TPSA) is 60.2 Å². The zero-order valence-corrected chi connectivity index (χ0v) is 14.5. The van der Waals surface area contributed by atoms with Crippen molar-refractivity contribution in [2.45, 2.75) is 0 Å². The standard InChI is InChI=1S/C18H17ClN4O2/c1-22-17-15(11-20-22)14(18(24)23-6-8-25-9-7-23)10-16(21-17)12-2-4-13(19)5-3-12/h2-5,10-11H,6-9H2,1H3. The summed E-state index contributed by atoms with van der Waals surface area (Å²) in [5.41, 5.74) is 2.93. The molecule has 0 N–H and O–H groups in total. The molecule has 1 aromatic carbocycles. The largest absolute Gasteiger partial charge is 0.378 e. The van der Waals surface area contributed by atoms with Crippen LogP contribution in [0, 0.1) is 0 Å². The summed E-state index contributed by atoms with van der Waals surface area (Å²) in [6.07, 6.45) is 1.70. The number of halogens is 1. The molecule has 0 spiro atoms. The van der Waals surface area contributed by atoms with Crippen LogP contribution in [0.1, 0.15) is 10.4 Å². The fourth-order valence-electron chi connectivity index (χ4n) is 3.00. The minimum Gasteiger partial charge on any atom is -0.378 e. The van der Waals surface area contributed by atoms with Crippen LogP contribution < -0.4 is 0 Å². The summed E-state index contributed by atoms with van der Waals surface area (Å²) < 4.78 is 7.03. The third-order valence-electron chi connectivity index (χ3n) is 4.37. The molecule has 6 nitrogen and oxygen atoms in total. The van der Waals surface area contributed by atoms with Crippen molar-refractivity contribution < 1.29 is 9.53 Å². The second-order valence-electron chi connectivity index (χ2n) is 5.97. The summed E-state index contributed by atoms with van der Waals surface area (Å²) in [6, 6.07) is 9.27. The number of rotatable bonds is 2. The molecule has 4 rings (SSSR count). The molecule has 1 fully saturated rings. The number of fused-ring (bicyclic) bond motifs is 1. The molecule has 0 bridgehead atoms. The Bertz CT molecular complexity index is 930. The van der Waals surface area contributed by atoms with Crippen LogP contribution in [0.25, 0.3) is 22.3 Å². The molecule has 0 atom stereocenters. The molecule has 3 heterocycles. The average molecular weight is 357 g/mol. The number of carbonyl (C=O) groups excluding carboxylic acids is 1. The Labute approximate surface area is 150 Å². The van der Waals surface area contributed by atoms with E-state index in [-0.39, 0.29) is 5.91 Å². The van der Waals surface area contributed by atoms with E-state index in [1.807, 2.05) is 42.3 Å². The maximum Gasteiger partial charge on any atom is 0.254 e. The van der Waals surface area contributed by atoms with Gasteiger partial charge in [-0.3, -0.25) is 9.48 Å². The number of hydrogen-bond donors (Lipinski definition) is 0. The summed E-state index contributed by atoms with van der Waals surface area (Å²) >= 11 is 5.98. The maximum absolute atomic E-state index is 13.0. The first-order valence-corrected chi connectivity index (χ1v) is 8.47. The molecule has 25 heavy (non-hydrogen) atoms. The highest BCUT2D eigenvalue weighted by atomic mass is 35.5. The first-order chi connectivity index (χ1) is 12.1. The van der Waals surface area contributed by atoms with E-state index in [1.54, 1.807) is 10.9 Å². The van der Waals surface area contributed by atoms with Gasteiger partial charge in [0, 0.05) is 30.7 Å². The minimum absolute atomic E-state index is 0.0149. The van der Waals surface area contributed by atoms with Crippen molar-refractivity contribution in [1.82, 2.24) is 19.7 Å². The Kier molecular flexibility index (Phi) is 4.15. The van der Waals surface area contributed by atoms with Gasteiger partial charge in [-0.25, -0.2) is 4.98 Å². The number of hydrogen-bond acceptors (Lipinski definition) is 4. The highest BCUT2D eigenvalue weighted by Crippen LogP contribution is 2.26. The van der Waals surface area contributed by atoms with Gasteiger partial charge < -0.3 is 9.64 Å². The predicted octanol–water partition coefficient (Wildman–Crippen LogP) is 2.76. The number of benzene rings is 1. The third-order valence-corrected chi connectivity index (χ3v) is 4.63. The molecule has 1 amide bonds. The average Bonchev–Trinajstić information content (AvgIpc) is 3.03. The van der Waals surface area contributed by atoms with Crippen molar-refractivity contribution in [1.29, 1.82) is 0 Å². The van der Waals surface area contributed by atoms with Crippen LogP contribution in [0.2, 0.25) is 5.02 Å². The van der Waals surface area contributed by atoms with E-state index in [9.17, 15) is 4.79 Å². The number of ether oxygens (including phenoxy) is 1. The summed E-state index contributed by atoms with van der Waals surface area (Å²) in [7, 11) is 1.82. The maximum atomic E-state index is 13.0. The second-order valence-corrected chi connectivity index (χ2v) is 6.41. The molecule has 2 aromatic heterocycles. The van der Waals surface area contributed by atoms with Gasteiger partial charge in [-0.2, -0.15) is 5.10 Å². The quantitative estimate of drug-likeness (QED) is 0.708. The van der Waals surface area contributed by atoms with Gasteiger partial charge in [-0.1, -0.05) is 23.7 Å². The smallest absolute Gasteiger partial charge is 0.254 e.